The van der Waals surface area contributed by atoms with Crippen molar-refractivity contribution < 1.29 is 9.59 Å². The summed E-state index contributed by atoms with van der Waals surface area (Å²) in [6, 6.07) is 0.0277. The second-order valence-corrected chi connectivity index (χ2v) is 2.62. The van der Waals surface area contributed by atoms with Crippen LogP contribution in [0.1, 0.15) is 13.3 Å². The Kier molecular flexibility index (Phi) is 2.46. The summed E-state index contributed by atoms with van der Waals surface area (Å²) in [5.74, 6) is 0.131. The Balaban J connectivity index is 2.42. The maximum absolute atomic E-state index is 11.1. The van der Waals surface area contributed by atoms with E-state index in [1.54, 1.807) is 4.90 Å². The van der Waals surface area contributed by atoms with Crippen molar-refractivity contribution in [3.8, 4) is 0 Å². The molecule has 0 saturated carbocycles. The molecule has 0 radical (unpaired) electrons. The van der Waals surface area contributed by atoms with E-state index in [0.717, 1.165) is 6.54 Å². The zero-order chi connectivity index (χ0) is 8.27. The number of amides is 2. The number of nitrogens with zero attached hydrogens (tertiary/aromatic N) is 1. The first-order chi connectivity index (χ1) is 5.27. The maximum Gasteiger partial charge on any atom is 0.224 e. The van der Waals surface area contributed by atoms with Crippen LogP contribution in [0.4, 0.5) is 0 Å². The molecule has 1 unspecified atom stereocenters. The third kappa shape index (κ3) is 1.69. The summed E-state index contributed by atoms with van der Waals surface area (Å²) in [6.07, 6.45) is 1.10. The van der Waals surface area contributed by atoms with Crippen LogP contribution in [-0.4, -0.2) is 36.3 Å². The van der Waals surface area contributed by atoms with Gasteiger partial charge in [0.1, 0.15) is 0 Å². The lowest BCUT2D eigenvalue weighted by Gasteiger charge is -2.12. The number of carbonyl (C=O) groups is 2. The van der Waals surface area contributed by atoms with Gasteiger partial charge in [-0.05, 0) is 6.92 Å². The number of hydrogen-bond donors (Lipinski definition) is 1. The summed E-state index contributed by atoms with van der Waals surface area (Å²) in [6.45, 7) is 3.32. The molecule has 0 aromatic rings. The standard InChI is InChI=1S/C7H12N2O2/c1-2-9-4-6(8-5-10)3-7(9)11/h5-6H,2-4H2,1H3,(H,8,10). The molecule has 0 aliphatic carbocycles. The van der Waals surface area contributed by atoms with Crippen LogP contribution in [0, 0.1) is 0 Å². The predicted molar refractivity (Wildman–Crippen MR) is 39.9 cm³/mol. The largest absolute Gasteiger partial charge is 0.354 e. The molecule has 0 aromatic carbocycles. The summed E-state index contributed by atoms with van der Waals surface area (Å²) in [4.78, 5) is 22.8. The molecule has 0 aromatic heterocycles. The molecule has 4 heteroatoms. The van der Waals surface area contributed by atoms with Crippen LogP contribution in [0.5, 0.6) is 0 Å². The Labute approximate surface area is 65.6 Å². The van der Waals surface area contributed by atoms with Crippen molar-refractivity contribution in [3.05, 3.63) is 0 Å². The van der Waals surface area contributed by atoms with Crippen LogP contribution in [-0.2, 0) is 9.59 Å². The SMILES string of the molecule is CCN1CC(NC=O)CC1=O. The first kappa shape index (κ1) is 8.04. The summed E-state index contributed by atoms with van der Waals surface area (Å²) < 4.78 is 0. The van der Waals surface area contributed by atoms with E-state index in [4.69, 9.17) is 0 Å². The van der Waals surface area contributed by atoms with E-state index in [-0.39, 0.29) is 11.9 Å². The minimum Gasteiger partial charge on any atom is -0.354 e. The first-order valence-electron chi connectivity index (χ1n) is 3.75. The highest BCUT2D eigenvalue weighted by Crippen LogP contribution is 2.09. The number of hydrogen-bond acceptors (Lipinski definition) is 2. The molecule has 1 saturated heterocycles. The summed E-state index contributed by atoms with van der Waals surface area (Å²) in [5, 5.41) is 2.60. The third-order valence-electron chi connectivity index (χ3n) is 1.90. The number of likely N-dealkylation sites (tertiary alicyclic amines) is 1. The Morgan fingerprint density at radius 3 is 3.00 bits per heavy atom. The molecule has 1 rings (SSSR count). The highest BCUT2D eigenvalue weighted by Gasteiger charge is 2.27. The van der Waals surface area contributed by atoms with Gasteiger partial charge in [-0.1, -0.05) is 0 Å². The quantitative estimate of drug-likeness (QED) is 0.552. The highest BCUT2D eigenvalue weighted by atomic mass is 16.2. The van der Waals surface area contributed by atoms with Crippen LogP contribution in [0.15, 0.2) is 0 Å². The van der Waals surface area contributed by atoms with E-state index in [0.29, 0.717) is 19.4 Å². The molecule has 1 aliphatic rings. The van der Waals surface area contributed by atoms with E-state index in [2.05, 4.69) is 5.32 Å². The molecule has 1 fully saturated rings. The number of likely N-dealkylation sites (N-methyl/N-ethyl adjacent to an activating group) is 1. The maximum atomic E-state index is 11.1. The topological polar surface area (TPSA) is 49.4 Å². The van der Waals surface area contributed by atoms with E-state index < -0.39 is 0 Å². The van der Waals surface area contributed by atoms with Gasteiger partial charge >= 0.3 is 0 Å². The fourth-order valence-corrected chi connectivity index (χ4v) is 1.29. The average Bonchev–Trinajstić information content (AvgIpc) is 2.32. The lowest BCUT2D eigenvalue weighted by Crippen LogP contribution is -2.31. The summed E-state index contributed by atoms with van der Waals surface area (Å²) in [7, 11) is 0. The van der Waals surface area contributed by atoms with Crippen LogP contribution < -0.4 is 5.32 Å². The minimum absolute atomic E-state index is 0.0277. The van der Waals surface area contributed by atoms with Crippen LogP contribution in [0.25, 0.3) is 0 Å². The molecule has 62 valence electrons. The van der Waals surface area contributed by atoms with Crippen LogP contribution >= 0.6 is 0 Å². The zero-order valence-electron chi connectivity index (χ0n) is 6.54. The highest BCUT2D eigenvalue weighted by molar-refractivity contribution is 5.79. The molecule has 11 heavy (non-hydrogen) atoms. The molecule has 1 aliphatic heterocycles. The minimum atomic E-state index is 0.0277. The van der Waals surface area contributed by atoms with Crippen molar-refractivity contribution in [1.82, 2.24) is 10.2 Å². The van der Waals surface area contributed by atoms with Gasteiger partial charge in [0.05, 0.1) is 6.04 Å². The molecular formula is C7H12N2O2. The molecule has 4 nitrogen and oxygen atoms in total. The first-order valence-corrected chi connectivity index (χ1v) is 3.75. The molecule has 0 spiro atoms. The van der Waals surface area contributed by atoms with Gasteiger partial charge in [-0.2, -0.15) is 0 Å². The van der Waals surface area contributed by atoms with Gasteiger partial charge in [-0.25, -0.2) is 0 Å². The van der Waals surface area contributed by atoms with Crippen molar-refractivity contribution in [2.24, 2.45) is 0 Å². The number of nitrogens with one attached hydrogen (secondary N) is 1. The Hall–Kier alpha value is -1.06. The normalized spacial score (nSPS) is 23.9. The van der Waals surface area contributed by atoms with Gasteiger partial charge in [0.2, 0.25) is 12.3 Å². The van der Waals surface area contributed by atoms with Crippen molar-refractivity contribution in [2.45, 2.75) is 19.4 Å². The third-order valence-corrected chi connectivity index (χ3v) is 1.90. The second kappa shape index (κ2) is 3.37. The smallest absolute Gasteiger partial charge is 0.224 e. The molecule has 0 bridgehead atoms. The fourth-order valence-electron chi connectivity index (χ4n) is 1.29. The molecular weight excluding hydrogens is 144 g/mol. The molecule has 2 amide bonds. The van der Waals surface area contributed by atoms with Gasteiger partial charge < -0.3 is 10.2 Å². The van der Waals surface area contributed by atoms with Crippen molar-refractivity contribution >= 4 is 12.3 Å². The lowest BCUT2D eigenvalue weighted by atomic mass is 10.3. The summed E-state index contributed by atoms with van der Waals surface area (Å²) >= 11 is 0. The molecule has 1 N–H and O–H groups in total. The van der Waals surface area contributed by atoms with E-state index in [1.807, 2.05) is 6.92 Å². The van der Waals surface area contributed by atoms with Crippen molar-refractivity contribution in [2.75, 3.05) is 13.1 Å². The number of rotatable bonds is 3. The van der Waals surface area contributed by atoms with Gasteiger partial charge in [-0.3, -0.25) is 9.59 Å². The van der Waals surface area contributed by atoms with Crippen LogP contribution in [0.3, 0.4) is 0 Å². The lowest BCUT2D eigenvalue weighted by molar-refractivity contribution is -0.127. The zero-order valence-corrected chi connectivity index (χ0v) is 6.54. The predicted octanol–water partition coefficient (Wildman–Crippen LogP) is -0.647. The summed E-state index contributed by atoms with van der Waals surface area (Å²) in [5.41, 5.74) is 0. The van der Waals surface area contributed by atoms with Gasteiger partial charge in [-0.15, -0.1) is 0 Å². The molecule has 1 heterocycles. The Morgan fingerprint density at radius 1 is 1.82 bits per heavy atom. The Bertz CT molecular complexity index is 170. The van der Waals surface area contributed by atoms with E-state index in [1.165, 1.54) is 0 Å². The van der Waals surface area contributed by atoms with Crippen molar-refractivity contribution in [3.63, 3.8) is 0 Å². The van der Waals surface area contributed by atoms with Gasteiger partial charge in [0.15, 0.2) is 0 Å². The van der Waals surface area contributed by atoms with E-state index in [9.17, 15) is 9.59 Å². The fraction of sp³-hybridized carbons (Fsp3) is 0.714. The second-order valence-electron chi connectivity index (χ2n) is 2.62. The average molecular weight is 156 g/mol. The Morgan fingerprint density at radius 2 is 2.55 bits per heavy atom. The van der Waals surface area contributed by atoms with Gasteiger partial charge in [0.25, 0.3) is 0 Å². The van der Waals surface area contributed by atoms with Crippen LogP contribution in [0.2, 0.25) is 0 Å². The monoisotopic (exact) mass is 156 g/mol. The molecule has 1 atom stereocenters. The van der Waals surface area contributed by atoms with Crippen molar-refractivity contribution in [1.29, 1.82) is 0 Å². The van der Waals surface area contributed by atoms with E-state index >= 15 is 0 Å². The van der Waals surface area contributed by atoms with Gasteiger partial charge in [0, 0.05) is 19.5 Å². The number of carbonyl (C=O) groups excluding carboxylic acids is 2.